The van der Waals surface area contributed by atoms with Gasteiger partial charge >= 0.3 is 0 Å². The fourth-order valence-corrected chi connectivity index (χ4v) is 2.93. The number of nitrogens with zero attached hydrogens (tertiary/aromatic N) is 5. The smallest absolute Gasteiger partial charge is 0.203 e. The average Bonchev–Trinajstić information content (AvgIpc) is 3.26. The van der Waals surface area contributed by atoms with E-state index in [0.717, 1.165) is 16.7 Å². The number of hydrogen-bond donors (Lipinski definition) is 3. The fourth-order valence-electron chi connectivity index (χ4n) is 2.93. The Labute approximate surface area is 143 Å². The van der Waals surface area contributed by atoms with Crippen molar-refractivity contribution in [1.82, 2.24) is 30.2 Å². The normalized spacial score (nSPS) is 12.5. The Morgan fingerprint density at radius 3 is 2.84 bits per heavy atom. The van der Waals surface area contributed by atoms with Crippen molar-refractivity contribution in [2.45, 2.75) is 12.5 Å². The number of nitrogen functional groups attached to an aromatic ring is 1. The summed E-state index contributed by atoms with van der Waals surface area (Å²) in [5.74, 6) is 0.404. The third kappa shape index (κ3) is 2.94. The molecule has 0 saturated carbocycles. The Hall–Kier alpha value is -3.26. The summed E-state index contributed by atoms with van der Waals surface area (Å²) in [5.41, 5.74) is 9.96. The van der Waals surface area contributed by atoms with Crippen molar-refractivity contribution >= 4 is 17.0 Å². The van der Waals surface area contributed by atoms with Gasteiger partial charge in [-0.2, -0.15) is 15.4 Å². The molecule has 4 aromatic rings. The van der Waals surface area contributed by atoms with E-state index >= 15 is 0 Å². The number of rotatable bonds is 5. The summed E-state index contributed by atoms with van der Waals surface area (Å²) in [5, 5.41) is 24.9. The van der Waals surface area contributed by atoms with Crippen LogP contribution in [0, 0.1) is 0 Å². The van der Waals surface area contributed by atoms with Gasteiger partial charge in [-0.1, -0.05) is 30.3 Å². The quantitative estimate of drug-likeness (QED) is 0.506. The Morgan fingerprint density at radius 1 is 1.20 bits per heavy atom. The molecule has 0 fully saturated rings. The van der Waals surface area contributed by atoms with E-state index in [0.29, 0.717) is 23.4 Å². The van der Waals surface area contributed by atoms with Gasteiger partial charge in [-0.15, -0.1) is 5.10 Å². The minimum Gasteiger partial charge on any atom is -0.394 e. The van der Waals surface area contributed by atoms with Gasteiger partial charge in [0.15, 0.2) is 0 Å². The van der Waals surface area contributed by atoms with E-state index in [1.807, 2.05) is 36.5 Å². The van der Waals surface area contributed by atoms with Crippen molar-refractivity contribution in [3.05, 3.63) is 65.5 Å². The maximum atomic E-state index is 9.77. The van der Waals surface area contributed by atoms with E-state index in [4.69, 9.17) is 5.73 Å². The molecule has 126 valence electrons. The largest absolute Gasteiger partial charge is 0.394 e. The molecule has 3 heterocycles. The van der Waals surface area contributed by atoms with Crippen LogP contribution in [-0.4, -0.2) is 41.9 Å². The molecule has 0 aliphatic rings. The van der Waals surface area contributed by atoms with E-state index in [1.54, 1.807) is 16.9 Å². The highest BCUT2D eigenvalue weighted by atomic mass is 16.3. The number of aliphatic hydroxyl groups is 1. The van der Waals surface area contributed by atoms with Gasteiger partial charge in [0.25, 0.3) is 0 Å². The molecule has 0 saturated heterocycles. The van der Waals surface area contributed by atoms with Crippen LogP contribution >= 0.6 is 0 Å². The number of aromatic amines is 1. The first-order valence-electron chi connectivity index (χ1n) is 7.89. The Balaban J connectivity index is 1.64. The molecule has 8 heteroatoms. The molecule has 1 unspecified atom stereocenters. The van der Waals surface area contributed by atoms with Gasteiger partial charge in [0, 0.05) is 12.6 Å². The van der Waals surface area contributed by atoms with Crippen molar-refractivity contribution in [1.29, 1.82) is 0 Å². The van der Waals surface area contributed by atoms with Crippen LogP contribution < -0.4 is 5.73 Å². The van der Waals surface area contributed by atoms with Crippen molar-refractivity contribution in [2.24, 2.45) is 0 Å². The van der Waals surface area contributed by atoms with Crippen LogP contribution in [0.15, 0.2) is 48.8 Å². The number of pyridine rings is 1. The molecular weight excluding hydrogens is 318 g/mol. The Kier molecular flexibility index (Phi) is 3.87. The third-order valence-electron chi connectivity index (χ3n) is 4.12. The van der Waals surface area contributed by atoms with E-state index in [9.17, 15) is 5.11 Å². The van der Waals surface area contributed by atoms with Gasteiger partial charge in [0.1, 0.15) is 11.3 Å². The van der Waals surface area contributed by atoms with Gasteiger partial charge in [-0.3, -0.25) is 4.68 Å². The highest BCUT2D eigenvalue weighted by Gasteiger charge is 2.15. The van der Waals surface area contributed by atoms with E-state index in [2.05, 4.69) is 25.5 Å². The zero-order chi connectivity index (χ0) is 17.2. The number of hydrogen-bond acceptors (Lipinski definition) is 6. The number of nitrogens with two attached hydrogens (primary N) is 1. The van der Waals surface area contributed by atoms with Crippen LogP contribution in [0.1, 0.15) is 22.7 Å². The first-order chi connectivity index (χ1) is 12.2. The highest BCUT2D eigenvalue weighted by molar-refractivity contribution is 5.76. The molecule has 3 aromatic heterocycles. The summed E-state index contributed by atoms with van der Waals surface area (Å²) in [6.45, 7) is -0.0269. The van der Waals surface area contributed by atoms with Gasteiger partial charge in [0.2, 0.25) is 5.65 Å². The zero-order valence-electron chi connectivity index (χ0n) is 13.4. The third-order valence-corrected chi connectivity index (χ3v) is 4.12. The average molecular weight is 335 g/mol. The predicted molar refractivity (Wildman–Crippen MR) is 92.8 cm³/mol. The zero-order valence-corrected chi connectivity index (χ0v) is 13.4. The number of nitrogens with one attached hydrogen (secondary N) is 1. The van der Waals surface area contributed by atoms with Crippen LogP contribution in [0.5, 0.6) is 0 Å². The van der Waals surface area contributed by atoms with Crippen molar-refractivity contribution in [3.63, 3.8) is 0 Å². The number of fused-ring (bicyclic) bond motifs is 1. The van der Waals surface area contributed by atoms with Crippen LogP contribution in [0.2, 0.25) is 0 Å². The van der Waals surface area contributed by atoms with Crippen LogP contribution in [0.3, 0.4) is 0 Å². The molecule has 4 rings (SSSR count). The van der Waals surface area contributed by atoms with Crippen molar-refractivity contribution in [3.8, 4) is 0 Å². The lowest BCUT2D eigenvalue weighted by atomic mass is 10.1. The number of aliphatic hydroxyl groups excluding tert-OH is 1. The minimum absolute atomic E-state index is 0.0269. The predicted octanol–water partition coefficient (Wildman–Crippen LogP) is 1.30. The Bertz CT molecular complexity index is 993. The standard InChI is InChI=1S/C17H17N7O/c18-15-7-13(16-17(20-15)22-23-21-16)6-11-8-19-24(9-11)14(10-25)12-4-2-1-3-5-12/h1-5,7-9,14,25H,6,10H2,(H3,18,20,21,22,23). The molecule has 8 nitrogen and oxygen atoms in total. The second-order valence-electron chi connectivity index (χ2n) is 5.82. The maximum absolute atomic E-state index is 9.77. The lowest BCUT2D eigenvalue weighted by molar-refractivity contribution is 0.241. The molecular formula is C17H17N7O. The number of aromatic nitrogens is 6. The van der Waals surface area contributed by atoms with Gasteiger partial charge in [-0.05, 0) is 22.8 Å². The molecule has 0 aliphatic heterocycles. The topological polar surface area (TPSA) is 119 Å². The van der Waals surface area contributed by atoms with E-state index in [1.165, 1.54) is 0 Å². The van der Waals surface area contributed by atoms with Crippen molar-refractivity contribution < 1.29 is 5.11 Å². The molecule has 0 radical (unpaired) electrons. The second-order valence-corrected chi connectivity index (χ2v) is 5.82. The van der Waals surface area contributed by atoms with Crippen LogP contribution in [0.25, 0.3) is 11.2 Å². The second kappa shape index (κ2) is 6.33. The molecule has 4 N–H and O–H groups in total. The molecule has 1 atom stereocenters. The molecule has 0 bridgehead atoms. The molecule has 25 heavy (non-hydrogen) atoms. The highest BCUT2D eigenvalue weighted by Crippen LogP contribution is 2.21. The summed E-state index contributed by atoms with van der Waals surface area (Å²) >= 11 is 0. The summed E-state index contributed by atoms with van der Waals surface area (Å²) in [6.07, 6.45) is 4.31. The summed E-state index contributed by atoms with van der Waals surface area (Å²) in [7, 11) is 0. The number of anilines is 1. The van der Waals surface area contributed by atoms with Crippen LogP contribution in [-0.2, 0) is 6.42 Å². The van der Waals surface area contributed by atoms with Gasteiger partial charge in [0.05, 0.1) is 18.8 Å². The molecule has 0 aliphatic carbocycles. The molecule has 0 amide bonds. The molecule has 1 aromatic carbocycles. The first kappa shape index (κ1) is 15.3. The van der Waals surface area contributed by atoms with Crippen molar-refractivity contribution in [2.75, 3.05) is 12.3 Å². The SMILES string of the molecule is Nc1cc(Cc2cnn(C(CO)c3ccccc3)c2)c2n[nH]nc2n1. The Morgan fingerprint density at radius 2 is 2.04 bits per heavy atom. The van der Waals surface area contributed by atoms with Gasteiger partial charge < -0.3 is 10.8 Å². The summed E-state index contributed by atoms with van der Waals surface area (Å²) < 4.78 is 1.77. The fraction of sp³-hybridized carbons (Fsp3) is 0.176. The van der Waals surface area contributed by atoms with E-state index in [-0.39, 0.29) is 12.6 Å². The first-order valence-corrected chi connectivity index (χ1v) is 7.89. The number of H-pyrrole nitrogens is 1. The van der Waals surface area contributed by atoms with Crippen LogP contribution in [0.4, 0.5) is 5.82 Å². The maximum Gasteiger partial charge on any atom is 0.203 e. The van der Waals surface area contributed by atoms with E-state index < -0.39 is 0 Å². The lowest BCUT2D eigenvalue weighted by Gasteiger charge is -2.15. The minimum atomic E-state index is -0.218. The molecule has 0 spiro atoms. The summed E-state index contributed by atoms with van der Waals surface area (Å²) in [4.78, 5) is 4.14. The monoisotopic (exact) mass is 335 g/mol. The van der Waals surface area contributed by atoms with Gasteiger partial charge in [-0.25, -0.2) is 4.98 Å². The number of benzene rings is 1. The summed E-state index contributed by atoms with van der Waals surface area (Å²) in [6, 6.07) is 11.4. The lowest BCUT2D eigenvalue weighted by Crippen LogP contribution is -2.15.